The lowest BCUT2D eigenvalue weighted by Gasteiger charge is -2.37. The van der Waals surface area contributed by atoms with Crippen molar-refractivity contribution < 1.29 is 9.53 Å². The first-order valence-electron chi connectivity index (χ1n) is 11.0. The first-order valence-corrected chi connectivity index (χ1v) is 11.0. The summed E-state index contributed by atoms with van der Waals surface area (Å²) >= 11 is 0. The molecule has 0 spiro atoms. The molecule has 5 heteroatoms. The molecule has 26 heavy (non-hydrogen) atoms. The summed E-state index contributed by atoms with van der Waals surface area (Å²) in [6.45, 7) is 11.9. The molecular formula is C21H39N3O2. The van der Waals surface area contributed by atoms with Crippen LogP contribution in [0, 0.1) is 11.8 Å². The van der Waals surface area contributed by atoms with Crippen LogP contribution >= 0.6 is 0 Å². The molecule has 3 aliphatic rings. The second-order valence-corrected chi connectivity index (χ2v) is 8.86. The van der Waals surface area contributed by atoms with Gasteiger partial charge in [-0.25, -0.2) is 0 Å². The number of nitrogens with zero attached hydrogens (tertiary/aromatic N) is 2. The minimum atomic E-state index is 0.359. The quantitative estimate of drug-likeness (QED) is 0.785. The monoisotopic (exact) mass is 365 g/mol. The number of morpholine rings is 1. The van der Waals surface area contributed by atoms with Gasteiger partial charge in [0.15, 0.2) is 0 Å². The van der Waals surface area contributed by atoms with Gasteiger partial charge in [-0.2, -0.15) is 0 Å². The Balaban J connectivity index is 1.30. The Hall–Kier alpha value is -0.650. The van der Waals surface area contributed by atoms with Crippen LogP contribution in [0.2, 0.25) is 0 Å². The highest BCUT2D eigenvalue weighted by Gasteiger charge is 2.26. The number of carbonyl (C=O) groups excluding carboxylic acids is 1. The first kappa shape index (κ1) is 20.1. The summed E-state index contributed by atoms with van der Waals surface area (Å²) in [6, 6.07) is 0. The van der Waals surface area contributed by atoms with E-state index >= 15 is 0 Å². The molecule has 0 bridgehead atoms. The third kappa shape index (κ3) is 6.21. The molecule has 3 saturated heterocycles. The minimum Gasteiger partial charge on any atom is -0.373 e. The molecule has 1 amide bonds. The van der Waals surface area contributed by atoms with Crippen molar-refractivity contribution in [2.75, 3.05) is 45.8 Å². The molecule has 0 radical (unpaired) electrons. The zero-order valence-electron chi connectivity index (χ0n) is 16.9. The fourth-order valence-corrected chi connectivity index (χ4v) is 4.96. The van der Waals surface area contributed by atoms with E-state index < -0.39 is 0 Å². The molecule has 3 rings (SSSR count). The van der Waals surface area contributed by atoms with E-state index in [4.69, 9.17) is 4.74 Å². The summed E-state index contributed by atoms with van der Waals surface area (Å²) in [5.41, 5.74) is 0. The minimum absolute atomic E-state index is 0.359. The van der Waals surface area contributed by atoms with Gasteiger partial charge in [-0.1, -0.05) is 0 Å². The van der Waals surface area contributed by atoms with Gasteiger partial charge in [0.1, 0.15) is 0 Å². The maximum absolute atomic E-state index is 12.5. The Morgan fingerprint density at radius 1 is 0.962 bits per heavy atom. The first-order chi connectivity index (χ1) is 12.6. The van der Waals surface area contributed by atoms with Crippen molar-refractivity contribution in [2.45, 2.75) is 71.0 Å². The molecule has 3 heterocycles. The van der Waals surface area contributed by atoms with Gasteiger partial charge in [0.05, 0.1) is 12.2 Å². The van der Waals surface area contributed by atoms with Crippen molar-refractivity contribution in [1.29, 1.82) is 0 Å². The van der Waals surface area contributed by atoms with E-state index in [0.29, 0.717) is 18.1 Å². The van der Waals surface area contributed by atoms with Crippen molar-refractivity contribution in [1.82, 2.24) is 15.1 Å². The van der Waals surface area contributed by atoms with E-state index in [2.05, 4.69) is 29.0 Å². The van der Waals surface area contributed by atoms with E-state index in [0.717, 1.165) is 63.9 Å². The van der Waals surface area contributed by atoms with E-state index in [1.807, 2.05) is 0 Å². The molecule has 150 valence electrons. The van der Waals surface area contributed by atoms with Gasteiger partial charge in [0, 0.05) is 32.6 Å². The standard InChI is InChI=1S/C21H39N3O2/c1-17-15-23(16-18(2)26-17)12-7-20-8-13-24(14-9-20)21(25)4-3-19-5-10-22-11-6-19/h17-20,22H,3-16H2,1-2H3. The molecule has 3 fully saturated rings. The van der Waals surface area contributed by atoms with Crippen LogP contribution < -0.4 is 5.32 Å². The number of hydrogen-bond acceptors (Lipinski definition) is 4. The van der Waals surface area contributed by atoms with E-state index in [9.17, 15) is 4.79 Å². The highest BCUT2D eigenvalue weighted by molar-refractivity contribution is 5.76. The van der Waals surface area contributed by atoms with E-state index in [1.54, 1.807) is 0 Å². The Labute approximate surface area is 159 Å². The van der Waals surface area contributed by atoms with Crippen molar-refractivity contribution >= 4 is 5.91 Å². The largest absolute Gasteiger partial charge is 0.373 e. The number of amides is 1. The summed E-state index contributed by atoms with van der Waals surface area (Å²) in [5.74, 6) is 1.95. The van der Waals surface area contributed by atoms with Crippen LogP contribution in [0.4, 0.5) is 0 Å². The molecule has 3 aliphatic heterocycles. The number of likely N-dealkylation sites (tertiary alicyclic amines) is 1. The van der Waals surface area contributed by atoms with Gasteiger partial charge in [0.2, 0.25) is 5.91 Å². The number of carbonyl (C=O) groups is 1. The molecule has 2 unspecified atom stereocenters. The Morgan fingerprint density at radius 2 is 1.58 bits per heavy atom. The van der Waals surface area contributed by atoms with E-state index in [1.165, 1.54) is 38.6 Å². The lowest BCUT2D eigenvalue weighted by molar-refractivity contribution is -0.133. The topological polar surface area (TPSA) is 44.8 Å². The zero-order chi connectivity index (χ0) is 18.4. The second kappa shape index (κ2) is 10.0. The normalized spacial score (nSPS) is 29.8. The summed E-state index contributed by atoms with van der Waals surface area (Å²) in [7, 11) is 0. The number of piperidine rings is 2. The van der Waals surface area contributed by atoms with Crippen LogP contribution in [-0.2, 0) is 9.53 Å². The molecule has 2 atom stereocenters. The van der Waals surface area contributed by atoms with Gasteiger partial charge in [-0.05, 0) is 83.8 Å². The van der Waals surface area contributed by atoms with Gasteiger partial charge in [0.25, 0.3) is 0 Å². The summed E-state index contributed by atoms with van der Waals surface area (Å²) < 4.78 is 5.83. The van der Waals surface area contributed by atoms with Crippen molar-refractivity contribution in [3.8, 4) is 0 Å². The van der Waals surface area contributed by atoms with Crippen LogP contribution in [0.3, 0.4) is 0 Å². The number of ether oxygens (including phenoxy) is 1. The molecule has 1 N–H and O–H groups in total. The predicted octanol–water partition coefficient (Wildman–Crippen LogP) is 2.50. The van der Waals surface area contributed by atoms with Gasteiger partial charge in [-0.3, -0.25) is 9.69 Å². The molecule has 0 aromatic rings. The number of rotatable bonds is 6. The van der Waals surface area contributed by atoms with Crippen LogP contribution in [0.1, 0.15) is 58.8 Å². The van der Waals surface area contributed by atoms with Crippen molar-refractivity contribution in [3.63, 3.8) is 0 Å². The second-order valence-electron chi connectivity index (χ2n) is 8.86. The molecule has 0 aromatic carbocycles. The molecule has 0 aliphatic carbocycles. The van der Waals surface area contributed by atoms with E-state index in [-0.39, 0.29) is 0 Å². The SMILES string of the molecule is CC1CN(CCC2CCN(C(=O)CCC3CCNCC3)CC2)CC(C)O1. The highest BCUT2D eigenvalue weighted by Crippen LogP contribution is 2.24. The maximum atomic E-state index is 12.5. The Kier molecular flexibility index (Phi) is 7.77. The average Bonchev–Trinajstić information content (AvgIpc) is 2.65. The molecule has 5 nitrogen and oxygen atoms in total. The lowest BCUT2D eigenvalue weighted by atomic mass is 9.91. The molecule has 0 saturated carbocycles. The fourth-order valence-electron chi connectivity index (χ4n) is 4.96. The smallest absolute Gasteiger partial charge is 0.222 e. The van der Waals surface area contributed by atoms with Crippen LogP contribution in [-0.4, -0.2) is 73.7 Å². The Bertz CT molecular complexity index is 421. The van der Waals surface area contributed by atoms with Crippen LogP contribution in [0.5, 0.6) is 0 Å². The summed E-state index contributed by atoms with van der Waals surface area (Å²) in [5, 5.41) is 3.41. The summed E-state index contributed by atoms with van der Waals surface area (Å²) in [6.07, 6.45) is 8.71. The van der Waals surface area contributed by atoms with Gasteiger partial charge < -0.3 is 15.0 Å². The number of hydrogen-bond donors (Lipinski definition) is 1. The molecular weight excluding hydrogens is 326 g/mol. The predicted molar refractivity (Wildman–Crippen MR) is 105 cm³/mol. The average molecular weight is 366 g/mol. The van der Waals surface area contributed by atoms with Gasteiger partial charge in [-0.15, -0.1) is 0 Å². The Morgan fingerprint density at radius 3 is 2.23 bits per heavy atom. The van der Waals surface area contributed by atoms with Gasteiger partial charge >= 0.3 is 0 Å². The van der Waals surface area contributed by atoms with Crippen molar-refractivity contribution in [3.05, 3.63) is 0 Å². The number of nitrogens with one attached hydrogen (secondary N) is 1. The highest BCUT2D eigenvalue weighted by atomic mass is 16.5. The summed E-state index contributed by atoms with van der Waals surface area (Å²) in [4.78, 5) is 17.2. The molecule has 0 aromatic heterocycles. The maximum Gasteiger partial charge on any atom is 0.222 e. The third-order valence-corrected chi connectivity index (χ3v) is 6.54. The fraction of sp³-hybridized carbons (Fsp3) is 0.952. The van der Waals surface area contributed by atoms with Crippen LogP contribution in [0.15, 0.2) is 0 Å². The van der Waals surface area contributed by atoms with Crippen molar-refractivity contribution in [2.24, 2.45) is 11.8 Å². The third-order valence-electron chi connectivity index (χ3n) is 6.54. The zero-order valence-corrected chi connectivity index (χ0v) is 16.9. The lowest BCUT2D eigenvalue weighted by Crippen LogP contribution is -2.46. The van der Waals surface area contributed by atoms with Crippen LogP contribution in [0.25, 0.3) is 0 Å².